The molecule has 5 heteroatoms. The molecule has 0 saturated carbocycles. The first-order chi connectivity index (χ1) is 9.65. The van der Waals surface area contributed by atoms with Crippen molar-refractivity contribution in [2.24, 2.45) is 7.05 Å². The monoisotopic (exact) mass is 272 g/mol. The van der Waals surface area contributed by atoms with E-state index in [-0.39, 0.29) is 5.78 Å². The summed E-state index contributed by atoms with van der Waals surface area (Å²) >= 11 is 0. The molecule has 20 heavy (non-hydrogen) atoms. The van der Waals surface area contributed by atoms with Crippen molar-refractivity contribution in [3.05, 3.63) is 30.0 Å². The Balaban J connectivity index is 2.34. The number of Topliss-reactive ketones (excluding diaryl/α,β-unsaturated/α-hetero) is 1. The number of methoxy groups -OCH3 is 1. The van der Waals surface area contributed by atoms with E-state index < -0.39 is 6.09 Å². The van der Waals surface area contributed by atoms with Crippen molar-refractivity contribution >= 4 is 28.5 Å². The van der Waals surface area contributed by atoms with Gasteiger partial charge >= 0.3 is 6.09 Å². The third kappa shape index (κ3) is 1.70. The smallest absolute Gasteiger partial charge is 0.414 e. The zero-order valence-electron chi connectivity index (χ0n) is 11.5. The topological polar surface area (TPSA) is 51.5 Å². The highest BCUT2D eigenvalue weighted by Gasteiger charge is 2.31. The lowest BCUT2D eigenvalue weighted by Gasteiger charge is -2.19. The Morgan fingerprint density at radius 3 is 2.80 bits per heavy atom. The summed E-state index contributed by atoms with van der Waals surface area (Å²) < 4.78 is 6.73. The van der Waals surface area contributed by atoms with Crippen molar-refractivity contribution in [2.75, 3.05) is 18.6 Å². The molecule has 1 aliphatic heterocycles. The molecule has 5 nitrogen and oxygen atoms in total. The molecule has 3 rings (SSSR count). The molecule has 1 aromatic carbocycles. The van der Waals surface area contributed by atoms with E-state index in [4.69, 9.17) is 4.74 Å². The number of para-hydroxylation sites is 1. The summed E-state index contributed by atoms with van der Waals surface area (Å²) in [5, 5.41) is 0.908. The third-order valence-corrected chi connectivity index (χ3v) is 3.79. The van der Waals surface area contributed by atoms with Crippen LogP contribution >= 0.6 is 0 Å². The maximum absolute atomic E-state index is 12.4. The summed E-state index contributed by atoms with van der Waals surface area (Å²) in [5.74, 6) is 0.0742. The molecule has 0 radical (unpaired) electrons. The van der Waals surface area contributed by atoms with Crippen LogP contribution in [0.3, 0.4) is 0 Å². The number of fused-ring (bicyclic) bond motifs is 3. The van der Waals surface area contributed by atoms with E-state index in [1.165, 1.54) is 7.11 Å². The summed E-state index contributed by atoms with van der Waals surface area (Å²) in [7, 11) is 3.22. The average Bonchev–Trinajstić information content (AvgIpc) is 2.64. The first-order valence-corrected chi connectivity index (χ1v) is 6.61. The van der Waals surface area contributed by atoms with E-state index in [0.29, 0.717) is 30.8 Å². The van der Waals surface area contributed by atoms with E-state index in [0.717, 1.165) is 10.9 Å². The molecular weight excluding hydrogens is 256 g/mol. The lowest BCUT2D eigenvalue weighted by atomic mass is 10.1. The molecule has 0 bridgehead atoms. The van der Waals surface area contributed by atoms with Crippen molar-refractivity contribution in [1.82, 2.24) is 4.57 Å². The van der Waals surface area contributed by atoms with E-state index in [9.17, 15) is 9.59 Å². The van der Waals surface area contributed by atoms with Gasteiger partial charge in [0.05, 0.1) is 18.3 Å². The minimum Gasteiger partial charge on any atom is -0.452 e. The zero-order valence-corrected chi connectivity index (χ0v) is 11.5. The second-order valence-corrected chi connectivity index (χ2v) is 4.92. The SMILES string of the molecule is COC(=O)N1CCCC(=O)c2c1c1ccccc1n2C. The quantitative estimate of drug-likeness (QED) is 0.741. The van der Waals surface area contributed by atoms with Gasteiger partial charge in [-0.2, -0.15) is 0 Å². The van der Waals surface area contributed by atoms with Crippen LogP contribution in [0.25, 0.3) is 10.9 Å². The molecule has 2 aromatic rings. The molecule has 0 spiro atoms. The third-order valence-electron chi connectivity index (χ3n) is 3.79. The molecule has 104 valence electrons. The van der Waals surface area contributed by atoms with Gasteiger partial charge in [0.15, 0.2) is 5.78 Å². The molecule has 0 atom stereocenters. The van der Waals surface area contributed by atoms with Gasteiger partial charge in [0.1, 0.15) is 5.69 Å². The summed E-state index contributed by atoms with van der Waals surface area (Å²) in [5.41, 5.74) is 2.22. The van der Waals surface area contributed by atoms with Crippen molar-refractivity contribution in [3.8, 4) is 0 Å². The zero-order chi connectivity index (χ0) is 14.3. The number of hydrogen-bond donors (Lipinski definition) is 0. The molecular formula is C15H16N2O3. The number of carbonyl (C=O) groups excluding carboxylic acids is 2. The number of carbonyl (C=O) groups is 2. The fraction of sp³-hybridized carbons (Fsp3) is 0.333. The van der Waals surface area contributed by atoms with E-state index >= 15 is 0 Å². The predicted octanol–water partition coefficient (Wildman–Crippen LogP) is 2.73. The number of nitrogens with zero attached hydrogens (tertiary/aromatic N) is 2. The van der Waals surface area contributed by atoms with Gasteiger partial charge in [-0.15, -0.1) is 0 Å². The predicted molar refractivity (Wildman–Crippen MR) is 76.2 cm³/mol. The van der Waals surface area contributed by atoms with Crippen LogP contribution in [0.1, 0.15) is 23.3 Å². The van der Waals surface area contributed by atoms with Crippen LogP contribution in [-0.2, 0) is 11.8 Å². The number of ether oxygens (including phenoxy) is 1. The van der Waals surface area contributed by atoms with E-state index in [2.05, 4.69) is 0 Å². The lowest BCUT2D eigenvalue weighted by molar-refractivity contribution is 0.0976. The minimum absolute atomic E-state index is 0.0742. The normalized spacial score (nSPS) is 15.1. The Bertz CT molecular complexity index is 702. The largest absolute Gasteiger partial charge is 0.452 e. The number of anilines is 1. The number of benzene rings is 1. The second kappa shape index (κ2) is 4.67. The molecule has 0 aliphatic carbocycles. The Labute approximate surface area is 116 Å². The van der Waals surface area contributed by atoms with Gasteiger partial charge < -0.3 is 9.30 Å². The van der Waals surface area contributed by atoms with Gasteiger partial charge in [-0.3, -0.25) is 9.69 Å². The van der Waals surface area contributed by atoms with Crippen molar-refractivity contribution in [3.63, 3.8) is 0 Å². The van der Waals surface area contributed by atoms with Crippen molar-refractivity contribution in [2.45, 2.75) is 12.8 Å². The molecule has 0 unspecified atom stereocenters. The van der Waals surface area contributed by atoms with Crippen LogP contribution in [0.15, 0.2) is 24.3 Å². The van der Waals surface area contributed by atoms with Crippen LogP contribution in [0.2, 0.25) is 0 Å². The van der Waals surface area contributed by atoms with Crippen molar-refractivity contribution < 1.29 is 14.3 Å². The lowest BCUT2D eigenvalue weighted by Crippen LogP contribution is -2.31. The fourth-order valence-corrected chi connectivity index (χ4v) is 2.89. The number of aryl methyl sites for hydroxylation is 1. The molecule has 1 aromatic heterocycles. The molecule has 1 amide bonds. The summed E-state index contributed by atoms with van der Waals surface area (Å²) in [4.78, 5) is 25.9. The first kappa shape index (κ1) is 12.7. The summed E-state index contributed by atoms with van der Waals surface area (Å²) in [6.07, 6.45) is 0.680. The molecule has 0 N–H and O–H groups in total. The molecule has 0 saturated heterocycles. The highest BCUT2D eigenvalue weighted by atomic mass is 16.5. The average molecular weight is 272 g/mol. The number of amides is 1. The van der Waals surface area contributed by atoms with E-state index in [1.807, 2.05) is 35.9 Å². The van der Waals surface area contributed by atoms with Crippen LogP contribution in [0.5, 0.6) is 0 Å². The molecule has 2 heterocycles. The number of hydrogen-bond acceptors (Lipinski definition) is 3. The van der Waals surface area contributed by atoms with Crippen LogP contribution in [-0.4, -0.2) is 30.1 Å². The highest BCUT2D eigenvalue weighted by molar-refractivity contribution is 6.14. The maximum Gasteiger partial charge on any atom is 0.414 e. The fourth-order valence-electron chi connectivity index (χ4n) is 2.89. The minimum atomic E-state index is -0.419. The van der Waals surface area contributed by atoms with Crippen molar-refractivity contribution in [1.29, 1.82) is 0 Å². The summed E-state index contributed by atoms with van der Waals surface area (Å²) in [6, 6.07) is 7.72. The van der Waals surface area contributed by atoms with Gasteiger partial charge in [0.25, 0.3) is 0 Å². The number of rotatable bonds is 0. The standard InChI is InChI=1S/C15H16N2O3/c1-16-11-7-4-3-6-10(11)13-14(16)12(18)8-5-9-17(13)15(19)20-2/h3-4,6-7H,5,8-9H2,1-2H3. The van der Waals surface area contributed by atoms with E-state index in [1.54, 1.807) is 4.90 Å². The first-order valence-electron chi connectivity index (χ1n) is 6.61. The molecule has 1 aliphatic rings. The molecule has 0 fully saturated rings. The Morgan fingerprint density at radius 2 is 2.05 bits per heavy atom. The Kier molecular flexibility index (Phi) is 2.97. The van der Waals surface area contributed by atoms with Crippen LogP contribution < -0.4 is 4.90 Å². The highest BCUT2D eigenvalue weighted by Crippen LogP contribution is 2.36. The van der Waals surface area contributed by atoms with Crippen LogP contribution in [0, 0.1) is 0 Å². The van der Waals surface area contributed by atoms with Crippen LogP contribution in [0.4, 0.5) is 10.5 Å². The number of aromatic nitrogens is 1. The Morgan fingerprint density at radius 1 is 1.30 bits per heavy atom. The van der Waals surface area contributed by atoms with Gasteiger partial charge in [-0.1, -0.05) is 18.2 Å². The maximum atomic E-state index is 12.4. The second-order valence-electron chi connectivity index (χ2n) is 4.92. The van der Waals surface area contributed by atoms with Gasteiger partial charge in [0.2, 0.25) is 0 Å². The summed E-state index contributed by atoms with van der Waals surface area (Å²) in [6.45, 7) is 0.499. The van der Waals surface area contributed by atoms with Gasteiger partial charge in [-0.25, -0.2) is 4.79 Å². The Hall–Kier alpha value is -2.30. The van der Waals surface area contributed by atoms with Gasteiger partial charge in [0, 0.05) is 25.4 Å². The van der Waals surface area contributed by atoms with Gasteiger partial charge in [-0.05, 0) is 12.5 Å². The number of ketones is 1.